The van der Waals surface area contributed by atoms with Gasteiger partial charge in [-0.05, 0) is 54.9 Å². The second kappa shape index (κ2) is 5.97. The molecule has 21 heavy (non-hydrogen) atoms. The summed E-state index contributed by atoms with van der Waals surface area (Å²) >= 11 is 0. The number of sulfonamides is 1. The van der Waals surface area contributed by atoms with E-state index in [4.69, 9.17) is 5.73 Å². The highest BCUT2D eigenvalue weighted by Gasteiger charge is 2.27. The molecule has 0 unspecified atom stereocenters. The number of benzene rings is 1. The van der Waals surface area contributed by atoms with E-state index in [9.17, 15) is 8.42 Å². The maximum atomic E-state index is 12.7. The fourth-order valence-corrected chi connectivity index (χ4v) is 3.79. The summed E-state index contributed by atoms with van der Waals surface area (Å²) in [5.41, 5.74) is 8.60. The van der Waals surface area contributed by atoms with E-state index in [1.54, 1.807) is 6.92 Å². The van der Waals surface area contributed by atoms with Crippen LogP contribution in [0.1, 0.15) is 44.4 Å². The Morgan fingerprint density at radius 3 is 2.19 bits per heavy atom. The number of nitrogens with one attached hydrogen (secondary N) is 1. The van der Waals surface area contributed by atoms with Crippen molar-refractivity contribution in [3.63, 3.8) is 0 Å². The zero-order valence-electron chi connectivity index (χ0n) is 14.2. The third-order valence-corrected chi connectivity index (χ3v) is 6.30. The topological polar surface area (TPSA) is 72.2 Å². The number of aryl methyl sites for hydroxylation is 1. The molecule has 1 aromatic carbocycles. The molecule has 0 aliphatic rings. The quantitative estimate of drug-likeness (QED) is 0.820. The van der Waals surface area contributed by atoms with E-state index in [0.29, 0.717) is 28.6 Å². The van der Waals surface area contributed by atoms with Crippen LogP contribution in [0.3, 0.4) is 0 Å². The number of hydrogen-bond acceptors (Lipinski definition) is 3. The highest BCUT2D eigenvalue weighted by Crippen LogP contribution is 2.29. The SMILES string of the molecule is Cc1cc(N)c(C)c(S(=O)(=O)NCC(C)(C)C(C)C)c1C. The van der Waals surface area contributed by atoms with Crippen molar-refractivity contribution in [2.24, 2.45) is 11.3 Å². The van der Waals surface area contributed by atoms with Crippen molar-refractivity contribution in [1.82, 2.24) is 4.72 Å². The van der Waals surface area contributed by atoms with Gasteiger partial charge in [0.15, 0.2) is 0 Å². The Balaban J connectivity index is 3.22. The zero-order chi connectivity index (χ0) is 16.6. The summed E-state index contributed by atoms with van der Waals surface area (Å²) in [6.07, 6.45) is 0. The van der Waals surface area contributed by atoms with Gasteiger partial charge in [0.05, 0.1) is 4.90 Å². The molecule has 4 nitrogen and oxygen atoms in total. The Hall–Kier alpha value is -1.07. The van der Waals surface area contributed by atoms with Gasteiger partial charge in [-0.3, -0.25) is 0 Å². The van der Waals surface area contributed by atoms with E-state index in [1.165, 1.54) is 0 Å². The van der Waals surface area contributed by atoms with Crippen LogP contribution in [0.25, 0.3) is 0 Å². The van der Waals surface area contributed by atoms with Gasteiger partial charge in [-0.1, -0.05) is 27.7 Å². The predicted octanol–water partition coefficient (Wildman–Crippen LogP) is 3.15. The van der Waals surface area contributed by atoms with Gasteiger partial charge in [-0.25, -0.2) is 13.1 Å². The number of rotatable bonds is 5. The van der Waals surface area contributed by atoms with Crippen LogP contribution in [0.15, 0.2) is 11.0 Å². The van der Waals surface area contributed by atoms with Crippen LogP contribution in [0.2, 0.25) is 0 Å². The van der Waals surface area contributed by atoms with Crippen LogP contribution in [-0.4, -0.2) is 15.0 Å². The van der Waals surface area contributed by atoms with Crippen LogP contribution >= 0.6 is 0 Å². The van der Waals surface area contributed by atoms with Crippen molar-refractivity contribution in [3.8, 4) is 0 Å². The summed E-state index contributed by atoms with van der Waals surface area (Å²) < 4.78 is 28.1. The second-order valence-corrected chi connectivity index (χ2v) is 8.53. The Kier molecular flexibility index (Phi) is 5.11. The van der Waals surface area contributed by atoms with Gasteiger partial charge in [-0.2, -0.15) is 0 Å². The van der Waals surface area contributed by atoms with Crippen molar-refractivity contribution >= 4 is 15.7 Å². The lowest BCUT2D eigenvalue weighted by Gasteiger charge is -2.29. The summed E-state index contributed by atoms with van der Waals surface area (Å²) in [5.74, 6) is 0.380. The Labute approximate surface area is 129 Å². The fourth-order valence-electron chi connectivity index (χ4n) is 2.00. The van der Waals surface area contributed by atoms with Crippen molar-refractivity contribution in [2.75, 3.05) is 12.3 Å². The molecule has 0 saturated heterocycles. The largest absolute Gasteiger partial charge is 0.398 e. The second-order valence-electron chi connectivity index (χ2n) is 6.83. The number of hydrogen-bond donors (Lipinski definition) is 2. The highest BCUT2D eigenvalue weighted by atomic mass is 32.2. The van der Waals surface area contributed by atoms with E-state index in [1.807, 2.05) is 19.9 Å². The Morgan fingerprint density at radius 1 is 1.19 bits per heavy atom. The van der Waals surface area contributed by atoms with E-state index in [0.717, 1.165) is 11.1 Å². The standard InChI is InChI=1S/C16H28N2O2S/c1-10(2)16(6,7)9-18-21(19,20)15-12(4)11(3)8-14(17)13(15)5/h8,10,18H,9,17H2,1-7H3. The summed E-state index contributed by atoms with van der Waals surface area (Å²) in [5, 5.41) is 0. The molecule has 0 aromatic heterocycles. The molecule has 0 aliphatic carbocycles. The minimum atomic E-state index is -3.56. The molecule has 0 spiro atoms. The monoisotopic (exact) mass is 312 g/mol. The van der Waals surface area contributed by atoms with Crippen molar-refractivity contribution in [2.45, 2.75) is 53.4 Å². The fraction of sp³-hybridized carbons (Fsp3) is 0.625. The van der Waals surface area contributed by atoms with Crippen molar-refractivity contribution in [1.29, 1.82) is 0 Å². The summed E-state index contributed by atoms with van der Waals surface area (Å²) in [4.78, 5) is 0.319. The first-order valence-corrected chi connectivity index (χ1v) is 8.74. The molecule has 5 heteroatoms. The predicted molar refractivity (Wildman–Crippen MR) is 88.9 cm³/mol. The van der Waals surface area contributed by atoms with Gasteiger partial charge in [-0.15, -0.1) is 0 Å². The van der Waals surface area contributed by atoms with Gasteiger partial charge in [0.2, 0.25) is 10.0 Å². The molecule has 0 fully saturated rings. The van der Waals surface area contributed by atoms with Gasteiger partial charge in [0.1, 0.15) is 0 Å². The minimum Gasteiger partial charge on any atom is -0.398 e. The summed E-state index contributed by atoms with van der Waals surface area (Å²) in [7, 11) is -3.56. The Bertz CT molecular complexity index is 606. The van der Waals surface area contributed by atoms with Crippen LogP contribution in [-0.2, 0) is 10.0 Å². The van der Waals surface area contributed by atoms with Crippen LogP contribution < -0.4 is 10.5 Å². The van der Waals surface area contributed by atoms with Gasteiger partial charge in [0.25, 0.3) is 0 Å². The summed E-state index contributed by atoms with van der Waals surface area (Å²) in [6, 6.07) is 1.82. The molecule has 1 aromatic rings. The van der Waals surface area contributed by atoms with E-state index in [-0.39, 0.29) is 5.41 Å². The van der Waals surface area contributed by atoms with Gasteiger partial charge >= 0.3 is 0 Å². The lowest BCUT2D eigenvalue weighted by Crippen LogP contribution is -2.37. The molecular formula is C16H28N2O2S. The molecule has 0 radical (unpaired) electrons. The van der Waals surface area contributed by atoms with E-state index in [2.05, 4.69) is 32.4 Å². The molecule has 1 rings (SSSR count). The lowest BCUT2D eigenvalue weighted by molar-refractivity contribution is 0.252. The lowest BCUT2D eigenvalue weighted by atomic mass is 9.81. The van der Waals surface area contributed by atoms with Crippen LogP contribution in [0.5, 0.6) is 0 Å². The maximum Gasteiger partial charge on any atom is 0.241 e. The van der Waals surface area contributed by atoms with Crippen molar-refractivity contribution < 1.29 is 8.42 Å². The first-order valence-electron chi connectivity index (χ1n) is 7.26. The molecular weight excluding hydrogens is 284 g/mol. The molecule has 0 heterocycles. The molecule has 0 amide bonds. The molecule has 120 valence electrons. The molecule has 0 atom stereocenters. The normalized spacial score (nSPS) is 13.0. The van der Waals surface area contributed by atoms with Crippen LogP contribution in [0.4, 0.5) is 5.69 Å². The minimum absolute atomic E-state index is 0.107. The Morgan fingerprint density at radius 2 is 1.71 bits per heavy atom. The number of anilines is 1. The zero-order valence-corrected chi connectivity index (χ0v) is 15.0. The van der Waals surface area contributed by atoms with Gasteiger partial charge in [0, 0.05) is 12.2 Å². The summed E-state index contributed by atoms with van der Waals surface area (Å²) in [6.45, 7) is 14.2. The maximum absolute atomic E-state index is 12.7. The highest BCUT2D eigenvalue weighted by molar-refractivity contribution is 7.89. The third-order valence-electron chi connectivity index (χ3n) is 4.63. The smallest absolute Gasteiger partial charge is 0.241 e. The van der Waals surface area contributed by atoms with E-state index < -0.39 is 10.0 Å². The first kappa shape index (κ1) is 18.0. The van der Waals surface area contributed by atoms with Crippen molar-refractivity contribution in [3.05, 3.63) is 22.8 Å². The van der Waals surface area contributed by atoms with Crippen LogP contribution in [0, 0.1) is 32.1 Å². The average molecular weight is 312 g/mol. The molecule has 0 bridgehead atoms. The number of nitrogen functional groups attached to an aromatic ring is 1. The third kappa shape index (κ3) is 3.77. The van der Waals surface area contributed by atoms with E-state index >= 15 is 0 Å². The molecule has 3 N–H and O–H groups in total. The first-order chi connectivity index (χ1) is 9.40. The molecule has 0 aliphatic heterocycles. The van der Waals surface area contributed by atoms with Gasteiger partial charge < -0.3 is 5.73 Å². The number of nitrogens with two attached hydrogens (primary N) is 1. The average Bonchev–Trinajstić information content (AvgIpc) is 2.34. The molecule has 0 saturated carbocycles.